The van der Waals surface area contributed by atoms with Crippen LogP contribution in [0.4, 0.5) is 0 Å². The molecule has 6 heteroatoms. The molecule has 106 valence electrons. The first-order valence-corrected chi connectivity index (χ1v) is 6.66. The van der Waals surface area contributed by atoms with Crippen molar-refractivity contribution in [2.24, 2.45) is 5.73 Å². The Morgan fingerprint density at radius 2 is 2.19 bits per heavy atom. The van der Waals surface area contributed by atoms with Crippen molar-refractivity contribution in [2.75, 3.05) is 0 Å². The van der Waals surface area contributed by atoms with Crippen molar-refractivity contribution in [3.8, 4) is 5.75 Å². The van der Waals surface area contributed by atoms with E-state index >= 15 is 0 Å². The number of ether oxygens (including phenoxy) is 1. The summed E-state index contributed by atoms with van der Waals surface area (Å²) in [7, 11) is 0. The van der Waals surface area contributed by atoms with Gasteiger partial charge in [-0.25, -0.2) is 4.98 Å². The van der Waals surface area contributed by atoms with Crippen LogP contribution in [-0.4, -0.2) is 15.3 Å². The molecule has 0 saturated heterocycles. The molecule has 0 radical (unpaired) electrons. The average molecular weight is 302 g/mol. The maximum absolute atomic E-state index is 11.4. The monoisotopic (exact) mass is 301 g/mol. The summed E-state index contributed by atoms with van der Waals surface area (Å²) in [5.41, 5.74) is 7.19. The lowest BCUT2D eigenvalue weighted by Gasteiger charge is -2.08. The largest absolute Gasteiger partial charge is 0.486 e. The molecule has 3 aromatic rings. The number of benzene rings is 1. The number of fused-ring (bicyclic) bond motifs is 1. The van der Waals surface area contributed by atoms with Crippen LogP contribution >= 0.6 is 11.6 Å². The van der Waals surface area contributed by atoms with Crippen molar-refractivity contribution < 1.29 is 9.53 Å². The third-order valence-electron chi connectivity index (χ3n) is 3.00. The molecule has 1 aromatic carbocycles. The molecule has 0 aliphatic rings. The average Bonchev–Trinajstić information content (AvgIpc) is 2.87. The second kappa shape index (κ2) is 5.46. The SMILES string of the molecule is NC(=O)c1ccc(Cl)cc1OCc1cn2ccccc2n1. The van der Waals surface area contributed by atoms with Gasteiger partial charge in [0.15, 0.2) is 0 Å². The lowest BCUT2D eigenvalue weighted by atomic mass is 10.2. The van der Waals surface area contributed by atoms with Crippen molar-refractivity contribution in [1.29, 1.82) is 0 Å². The summed E-state index contributed by atoms with van der Waals surface area (Å²) in [5.74, 6) is -0.205. The van der Waals surface area contributed by atoms with Crippen molar-refractivity contribution in [3.63, 3.8) is 0 Å². The zero-order valence-electron chi connectivity index (χ0n) is 11.0. The van der Waals surface area contributed by atoms with Crippen LogP contribution in [0, 0.1) is 0 Å². The van der Waals surface area contributed by atoms with Gasteiger partial charge in [-0.15, -0.1) is 0 Å². The van der Waals surface area contributed by atoms with E-state index in [1.807, 2.05) is 35.0 Å². The Kier molecular flexibility index (Phi) is 3.50. The van der Waals surface area contributed by atoms with Gasteiger partial charge in [-0.1, -0.05) is 17.7 Å². The Balaban J connectivity index is 1.84. The van der Waals surface area contributed by atoms with Crippen molar-refractivity contribution >= 4 is 23.2 Å². The van der Waals surface area contributed by atoms with Crippen LogP contribution in [0.3, 0.4) is 0 Å². The lowest BCUT2D eigenvalue weighted by molar-refractivity contribution is 0.0996. The number of rotatable bonds is 4. The summed E-state index contributed by atoms with van der Waals surface area (Å²) in [6, 6.07) is 10.4. The molecule has 0 saturated carbocycles. The van der Waals surface area contributed by atoms with Crippen LogP contribution < -0.4 is 10.5 Å². The maximum atomic E-state index is 11.4. The fourth-order valence-corrected chi connectivity index (χ4v) is 2.19. The molecule has 0 unspecified atom stereocenters. The van der Waals surface area contributed by atoms with Gasteiger partial charge < -0.3 is 14.9 Å². The van der Waals surface area contributed by atoms with E-state index in [0.717, 1.165) is 11.3 Å². The van der Waals surface area contributed by atoms with Crippen LogP contribution in [0.5, 0.6) is 5.75 Å². The van der Waals surface area contributed by atoms with Gasteiger partial charge in [0.1, 0.15) is 18.0 Å². The Labute approximate surface area is 125 Å². The first kappa shape index (κ1) is 13.5. The number of amides is 1. The van der Waals surface area contributed by atoms with E-state index in [1.165, 1.54) is 0 Å². The molecule has 2 heterocycles. The van der Waals surface area contributed by atoms with Crippen LogP contribution in [0.25, 0.3) is 5.65 Å². The smallest absolute Gasteiger partial charge is 0.252 e. The van der Waals surface area contributed by atoms with Crippen LogP contribution in [0.1, 0.15) is 16.1 Å². The molecule has 2 aromatic heterocycles. The number of hydrogen-bond donors (Lipinski definition) is 1. The molecule has 1 amide bonds. The summed E-state index contributed by atoms with van der Waals surface area (Å²) < 4.78 is 7.53. The van der Waals surface area contributed by atoms with Gasteiger partial charge in [-0.2, -0.15) is 0 Å². The lowest BCUT2D eigenvalue weighted by Crippen LogP contribution is -2.13. The zero-order chi connectivity index (χ0) is 14.8. The minimum atomic E-state index is -0.559. The fourth-order valence-electron chi connectivity index (χ4n) is 2.03. The number of aromatic nitrogens is 2. The van der Waals surface area contributed by atoms with E-state index in [4.69, 9.17) is 22.1 Å². The number of halogens is 1. The van der Waals surface area contributed by atoms with E-state index in [0.29, 0.717) is 16.3 Å². The molecule has 0 bridgehead atoms. The Morgan fingerprint density at radius 1 is 1.33 bits per heavy atom. The van der Waals surface area contributed by atoms with Gasteiger partial charge in [0, 0.05) is 17.4 Å². The van der Waals surface area contributed by atoms with E-state index in [9.17, 15) is 4.79 Å². The van der Waals surface area contributed by atoms with Gasteiger partial charge in [-0.3, -0.25) is 4.79 Å². The highest BCUT2D eigenvalue weighted by molar-refractivity contribution is 6.30. The summed E-state index contributed by atoms with van der Waals surface area (Å²) in [5, 5.41) is 0.477. The molecule has 0 spiro atoms. The molecule has 0 fully saturated rings. The highest BCUT2D eigenvalue weighted by Crippen LogP contribution is 2.24. The predicted molar refractivity (Wildman–Crippen MR) is 79.5 cm³/mol. The Hall–Kier alpha value is -2.53. The molecule has 0 aliphatic heterocycles. The van der Waals surface area contributed by atoms with Crippen LogP contribution in [-0.2, 0) is 6.61 Å². The molecule has 0 atom stereocenters. The van der Waals surface area contributed by atoms with Crippen molar-refractivity contribution in [1.82, 2.24) is 9.38 Å². The van der Waals surface area contributed by atoms with E-state index in [2.05, 4.69) is 4.98 Å². The molecular formula is C15H12ClN3O2. The summed E-state index contributed by atoms with van der Waals surface area (Å²) in [4.78, 5) is 15.8. The predicted octanol–water partition coefficient (Wildman–Crippen LogP) is 2.67. The summed E-state index contributed by atoms with van der Waals surface area (Å²) >= 11 is 5.92. The highest BCUT2D eigenvalue weighted by Gasteiger charge is 2.11. The normalized spacial score (nSPS) is 10.7. The van der Waals surface area contributed by atoms with Gasteiger partial charge in [0.2, 0.25) is 0 Å². The number of hydrogen-bond acceptors (Lipinski definition) is 3. The minimum Gasteiger partial charge on any atom is -0.486 e. The maximum Gasteiger partial charge on any atom is 0.252 e. The molecule has 5 nitrogen and oxygen atoms in total. The fraction of sp³-hybridized carbons (Fsp3) is 0.0667. The number of pyridine rings is 1. The van der Waals surface area contributed by atoms with E-state index < -0.39 is 5.91 Å². The third-order valence-corrected chi connectivity index (χ3v) is 3.23. The second-order valence-corrected chi connectivity index (χ2v) is 4.93. The summed E-state index contributed by atoms with van der Waals surface area (Å²) in [6.45, 7) is 0.225. The third kappa shape index (κ3) is 2.83. The minimum absolute atomic E-state index is 0.225. The first-order valence-electron chi connectivity index (χ1n) is 6.28. The Morgan fingerprint density at radius 3 is 2.95 bits per heavy atom. The highest BCUT2D eigenvalue weighted by atomic mass is 35.5. The molecular weight excluding hydrogens is 290 g/mol. The van der Waals surface area contributed by atoms with Crippen molar-refractivity contribution in [2.45, 2.75) is 6.61 Å². The number of carbonyl (C=O) groups excluding carboxylic acids is 1. The van der Waals surface area contributed by atoms with Gasteiger partial charge in [0.25, 0.3) is 5.91 Å². The quantitative estimate of drug-likeness (QED) is 0.805. The van der Waals surface area contributed by atoms with Crippen molar-refractivity contribution in [3.05, 3.63) is 65.1 Å². The second-order valence-electron chi connectivity index (χ2n) is 4.49. The molecule has 2 N–H and O–H groups in total. The van der Waals surface area contributed by atoms with Gasteiger partial charge in [-0.05, 0) is 30.3 Å². The zero-order valence-corrected chi connectivity index (χ0v) is 11.7. The van der Waals surface area contributed by atoms with Gasteiger partial charge in [0.05, 0.1) is 11.3 Å². The van der Waals surface area contributed by atoms with E-state index in [1.54, 1.807) is 18.2 Å². The molecule has 21 heavy (non-hydrogen) atoms. The number of imidazole rings is 1. The number of nitrogens with zero attached hydrogens (tertiary/aromatic N) is 2. The summed E-state index contributed by atoms with van der Waals surface area (Å²) in [6.07, 6.45) is 3.77. The number of carbonyl (C=O) groups is 1. The molecule has 3 rings (SSSR count). The molecule has 0 aliphatic carbocycles. The number of primary amides is 1. The van der Waals surface area contributed by atoms with Crippen LogP contribution in [0.2, 0.25) is 5.02 Å². The topological polar surface area (TPSA) is 69.6 Å². The Bertz CT molecular complexity index is 781. The van der Waals surface area contributed by atoms with E-state index in [-0.39, 0.29) is 6.61 Å². The number of nitrogens with two attached hydrogens (primary N) is 1. The first-order chi connectivity index (χ1) is 10.1. The van der Waals surface area contributed by atoms with Crippen LogP contribution in [0.15, 0.2) is 48.8 Å². The van der Waals surface area contributed by atoms with Gasteiger partial charge >= 0.3 is 0 Å². The standard InChI is InChI=1S/C15H12ClN3O2/c16-10-4-5-12(15(17)20)13(7-10)21-9-11-8-19-6-2-1-3-14(19)18-11/h1-8H,9H2,(H2,17,20).